The third kappa shape index (κ3) is 2.84. The maximum atomic E-state index is 12.7. The van der Waals surface area contributed by atoms with E-state index in [0.717, 1.165) is 14.9 Å². The molecule has 0 fully saturated rings. The van der Waals surface area contributed by atoms with Crippen LogP contribution in [0.15, 0.2) is 53.3 Å². The summed E-state index contributed by atoms with van der Waals surface area (Å²) in [5.74, 6) is -0.335. The molecule has 2 heterocycles. The van der Waals surface area contributed by atoms with Gasteiger partial charge in [0.05, 0.1) is 15.6 Å². The number of thiazole rings is 1. The molecule has 1 amide bonds. The summed E-state index contributed by atoms with van der Waals surface area (Å²) in [6.07, 6.45) is 0.406. The van der Waals surface area contributed by atoms with E-state index in [0.29, 0.717) is 22.5 Å². The Morgan fingerprint density at radius 2 is 1.88 bits per heavy atom. The van der Waals surface area contributed by atoms with Gasteiger partial charge in [0.2, 0.25) is 0 Å². The first-order valence-corrected chi connectivity index (χ1v) is 8.99. The number of para-hydroxylation sites is 1. The fourth-order valence-corrected chi connectivity index (χ4v) is 3.66. The molecule has 0 aliphatic heterocycles. The van der Waals surface area contributed by atoms with Gasteiger partial charge in [0.1, 0.15) is 11.6 Å². The number of anilines is 1. The summed E-state index contributed by atoms with van der Waals surface area (Å²) in [6, 6.07) is 13.8. The third-order valence-electron chi connectivity index (χ3n) is 4.10. The number of nitrogens with zero attached hydrogens (tertiary/aromatic N) is 4. The first-order valence-electron chi connectivity index (χ1n) is 8.18. The lowest BCUT2D eigenvalue weighted by Crippen LogP contribution is -2.35. The van der Waals surface area contributed by atoms with E-state index >= 15 is 0 Å². The quantitative estimate of drug-likeness (QED) is 0.600. The monoisotopic (exact) mass is 365 g/mol. The average molecular weight is 365 g/mol. The Bertz CT molecular complexity index is 1130. The molecule has 7 nitrogen and oxygen atoms in total. The highest BCUT2D eigenvalue weighted by Gasteiger charge is 2.23. The highest BCUT2D eigenvalue weighted by Crippen LogP contribution is 2.26. The number of hydrogen-bond donors (Lipinski definition) is 1. The smallest absolute Gasteiger partial charge is 0.278 e. The van der Waals surface area contributed by atoms with Gasteiger partial charge in [-0.2, -0.15) is 4.68 Å². The van der Waals surface area contributed by atoms with Crippen molar-refractivity contribution >= 4 is 43.5 Å². The molecule has 26 heavy (non-hydrogen) atoms. The summed E-state index contributed by atoms with van der Waals surface area (Å²) in [5, 5.41) is 11.7. The summed E-state index contributed by atoms with van der Waals surface area (Å²) in [6.45, 7) is 1.83. The molecular formula is C18H15N5O2S. The average Bonchev–Trinajstić information content (AvgIpc) is 3.06. The molecule has 4 rings (SSSR count). The van der Waals surface area contributed by atoms with E-state index in [1.807, 2.05) is 31.2 Å². The Balaban J connectivity index is 1.67. The fourth-order valence-electron chi connectivity index (χ4n) is 2.79. The van der Waals surface area contributed by atoms with Crippen LogP contribution in [0.4, 0.5) is 5.13 Å². The predicted molar refractivity (Wildman–Crippen MR) is 101 cm³/mol. The number of hydrogen-bond acceptors (Lipinski definition) is 6. The zero-order chi connectivity index (χ0) is 18.1. The number of carbonyl (C=O) groups excluding carboxylic acids is 1. The molecule has 0 radical (unpaired) electrons. The topological polar surface area (TPSA) is 89.8 Å². The van der Waals surface area contributed by atoms with Gasteiger partial charge in [-0.15, -0.1) is 5.10 Å². The van der Waals surface area contributed by atoms with Crippen LogP contribution in [0, 0.1) is 0 Å². The summed E-state index contributed by atoms with van der Waals surface area (Å²) < 4.78 is 2.13. The van der Waals surface area contributed by atoms with Crippen molar-refractivity contribution in [3.05, 3.63) is 58.9 Å². The molecule has 1 atom stereocenters. The third-order valence-corrected chi connectivity index (χ3v) is 5.05. The van der Waals surface area contributed by atoms with E-state index in [-0.39, 0.29) is 11.5 Å². The van der Waals surface area contributed by atoms with Gasteiger partial charge in [0, 0.05) is 0 Å². The van der Waals surface area contributed by atoms with Gasteiger partial charge < -0.3 is 5.32 Å². The zero-order valence-corrected chi connectivity index (χ0v) is 14.7. The minimum atomic E-state index is -0.758. The second-order valence-electron chi connectivity index (χ2n) is 5.76. The molecule has 0 aliphatic rings. The van der Waals surface area contributed by atoms with E-state index in [1.54, 1.807) is 24.3 Å². The maximum absolute atomic E-state index is 12.7. The number of amides is 1. The van der Waals surface area contributed by atoms with Crippen molar-refractivity contribution in [2.45, 2.75) is 19.4 Å². The summed E-state index contributed by atoms with van der Waals surface area (Å²) >= 11 is 1.39. The molecule has 0 unspecified atom stereocenters. The normalized spacial score (nSPS) is 12.3. The summed E-state index contributed by atoms with van der Waals surface area (Å²) in [7, 11) is 0. The Labute approximate surface area is 152 Å². The number of nitrogens with one attached hydrogen (secondary N) is 1. The van der Waals surface area contributed by atoms with Crippen molar-refractivity contribution in [1.29, 1.82) is 0 Å². The lowest BCUT2D eigenvalue weighted by molar-refractivity contribution is -0.119. The number of benzene rings is 2. The fraction of sp³-hybridized carbons (Fsp3) is 0.167. The standard InChI is InChI=1S/C18H15N5O2S/c1-2-14(23-17(25)11-7-3-4-8-12(11)21-22-23)16(24)20-18-19-13-9-5-6-10-15(13)26-18/h3-10,14H,2H2,1H3,(H,19,20,24)/t14-/m0/s1. The van der Waals surface area contributed by atoms with Crippen LogP contribution in [-0.2, 0) is 4.79 Å². The molecule has 130 valence electrons. The first kappa shape index (κ1) is 16.3. The highest BCUT2D eigenvalue weighted by molar-refractivity contribution is 7.22. The molecule has 0 saturated heterocycles. The molecule has 2 aromatic heterocycles. The van der Waals surface area contributed by atoms with Crippen LogP contribution in [-0.4, -0.2) is 25.9 Å². The lowest BCUT2D eigenvalue weighted by atomic mass is 10.2. The Kier molecular flexibility index (Phi) is 4.18. The van der Waals surface area contributed by atoms with Crippen molar-refractivity contribution in [2.75, 3.05) is 5.32 Å². The summed E-state index contributed by atoms with van der Waals surface area (Å²) in [4.78, 5) is 29.8. The molecule has 8 heteroatoms. The van der Waals surface area contributed by atoms with Gasteiger partial charge in [0.25, 0.3) is 11.5 Å². The van der Waals surface area contributed by atoms with Crippen LogP contribution < -0.4 is 10.9 Å². The Morgan fingerprint density at radius 1 is 1.15 bits per heavy atom. The minimum Gasteiger partial charge on any atom is -0.300 e. The number of carbonyl (C=O) groups is 1. The predicted octanol–water partition coefficient (Wildman–Crippen LogP) is 2.99. The van der Waals surface area contributed by atoms with Crippen molar-refractivity contribution in [1.82, 2.24) is 20.0 Å². The van der Waals surface area contributed by atoms with Gasteiger partial charge in [-0.25, -0.2) is 4.98 Å². The Morgan fingerprint density at radius 3 is 2.65 bits per heavy atom. The molecule has 0 aliphatic carbocycles. The van der Waals surface area contributed by atoms with Crippen LogP contribution >= 0.6 is 11.3 Å². The van der Waals surface area contributed by atoms with Crippen LogP contribution in [0.1, 0.15) is 19.4 Å². The van der Waals surface area contributed by atoms with Gasteiger partial charge >= 0.3 is 0 Å². The molecule has 0 bridgehead atoms. The van der Waals surface area contributed by atoms with Gasteiger partial charge in [-0.05, 0) is 30.7 Å². The molecule has 0 spiro atoms. The van der Waals surface area contributed by atoms with Crippen LogP contribution in [0.2, 0.25) is 0 Å². The van der Waals surface area contributed by atoms with Crippen LogP contribution in [0.3, 0.4) is 0 Å². The van der Waals surface area contributed by atoms with E-state index in [2.05, 4.69) is 20.6 Å². The van der Waals surface area contributed by atoms with Gasteiger partial charge in [0.15, 0.2) is 5.13 Å². The van der Waals surface area contributed by atoms with Crippen LogP contribution in [0.5, 0.6) is 0 Å². The van der Waals surface area contributed by atoms with Crippen molar-refractivity contribution in [2.24, 2.45) is 0 Å². The second kappa shape index (κ2) is 6.64. The largest absolute Gasteiger partial charge is 0.300 e. The number of aromatic nitrogens is 4. The lowest BCUT2D eigenvalue weighted by Gasteiger charge is -2.15. The van der Waals surface area contributed by atoms with Gasteiger partial charge in [-0.3, -0.25) is 9.59 Å². The van der Waals surface area contributed by atoms with E-state index < -0.39 is 6.04 Å². The maximum Gasteiger partial charge on any atom is 0.278 e. The van der Waals surface area contributed by atoms with E-state index in [1.165, 1.54) is 11.3 Å². The van der Waals surface area contributed by atoms with E-state index in [4.69, 9.17) is 0 Å². The van der Waals surface area contributed by atoms with Crippen LogP contribution in [0.25, 0.3) is 21.1 Å². The van der Waals surface area contributed by atoms with Crippen molar-refractivity contribution in [3.63, 3.8) is 0 Å². The number of rotatable bonds is 4. The molecule has 2 aromatic carbocycles. The van der Waals surface area contributed by atoms with Crippen molar-refractivity contribution < 1.29 is 4.79 Å². The molecule has 1 N–H and O–H groups in total. The van der Waals surface area contributed by atoms with Gasteiger partial charge in [-0.1, -0.05) is 47.7 Å². The van der Waals surface area contributed by atoms with Crippen molar-refractivity contribution in [3.8, 4) is 0 Å². The zero-order valence-electron chi connectivity index (χ0n) is 13.9. The Hall–Kier alpha value is -3.13. The SMILES string of the molecule is CC[C@@H](C(=O)Nc1nc2ccccc2s1)n1nnc2ccccc2c1=O. The molecular weight excluding hydrogens is 350 g/mol. The minimum absolute atomic E-state index is 0.332. The molecule has 0 saturated carbocycles. The molecule has 4 aromatic rings. The second-order valence-corrected chi connectivity index (χ2v) is 6.79. The van der Waals surface area contributed by atoms with E-state index in [9.17, 15) is 9.59 Å². The highest BCUT2D eigenvalue weighted by atomic mass is 32.1. The number of fused-ring (bicyclic) bond motifs is 2. The summed E-state index contributed by atoms with van der Waals surface area (Å²) in [5.41, 5.74) is 1.00. The first-order chi connectivity index (χ1) is 12.7.